The van der Waals surface area contributed by atoms with Gasteiger partial charge in [0.2, 0.25) is 5.91 Å². The third-order valence-electron chi connectivity index (χ3n) is 3.00. The van der Waals surface area contributed by atoms with Crippen LogP contribution in [0.3, 0.4) is 0 Å². The van der Waals surface area contributed by atoms with E-state index in [0.717, 1.165) is 31.5 Å². The lowest BCUT2D eigenvalue weighted by atomic mass is 10.2. The Bertz CT molecular complexity index is 242. The van der Waals surface area contributed by atoms with Gasteiger partial charge in [-0.3, -0.25) is 4.79 Å². The van der Waals surface area contributed by atoms with Crippen molar-refractivity contribution in [2.24, 2.45) is 0 Å². The summed E-state index contributed by atoms with van der Waals surface area (Å²) in [6.45, 7) is 8.32. The fourth-order valence-corrected chi connectivity index (χ4v) is 2.05. The van der Waals surface area contributed by atoms with Gasteiger partial charge in [0.25, 0.3) is 0 Å². The highest BCUT2D eigenvalue weighted by molar-refractivity contribution is 5.92. The zero-order valence-electron chi connectivity index (χ0n) is 10.6. The molecule has 0 aliphatic carbocycles. The summed E-state index contributed by atoms with van der Waals surface area (Å²) in [6.07, 6.45) is 6.63. The first-order valence-corrected chi connectivity index (χ1v) is 6.41. The highest BCUT2D eigenvalue weighted by Crippen LogP contribution is 2.06. The van der Waals surface area contributed by atoms with Gasteiger partial charge in [-0.1, -0.05) is 13.0 Å². The van der Waals surface area contributed by atoms with Crippen LogP contribution in [-0.2, 0) is 4.79 Å². The van der Waals surface area contributed by atoms with Crippen LogP contribution in [0.25, 0.3) is 0 Å². The molecular weight excluding hydrogens is 200 g/mol. The van der Waals surface area contributed by atoms with Crippen molar-refractivity contribution in [1.29, 1.82) is 0 Å². The molecule has 1 fully saturated rings. The lowest BCUT2D eigenvalue weighted by molar-refractivity contribution is -0.117. The van der Waals surface area contributed by atoms with Gasteiger partial charge >= 0.3 is 0 Å². The van der Waals surface area contributed by atoms with E-state index in [-0.39, 0.29) is 5.91 Å². The van der Waals surface area contributed by atoms with Crippen molar-refractivity contribution in [1.82, 2.24) is 10.2 Å². The van der Waals surface area contributed by atoms with Gasteiger partial charge in [-0.05, 0) is 52.2 Å². The smallest absolute Gasteiger partial charge is 0.246 e. The molecule has 1 aliphatic rings. The number of likely N-dealkylation sites (tertiary alicyclic amines) is 1. The van der Waals surface area contributed by atoms with E-state index in [2.05, 4.69) is 10.2 Å². The first kappa shape index (κ1) is 13.2. The minimum atomic E-state index is 0.0864. The van der Waals surface area contributed by atoms with E-state index in [1.165, 1.54) is 25.9 Å². The van der Waals surface area contributed by atoms with Crippen molar-refractivity contribution in [3.63, 3.8) is 0 Å². The lowest BCUT2D eigenvalue weighted by Crippen LogP contribution is -2.29. The van der Waals surface area contributed by atoms with Crippen molar-refractivity contribution < 1.29 is 4.79 Å². The molecule has 1 N–H and O–H groups in total. The van der Waals surface area contributed by atoms with E-state index in [1.54, 1.807) is 0 Å². The van der Waals surface area contributed by atoms with Crippen LogP contribution >= 0.6 is 0 Å². The fraction of sp³-hybridized carbons (Fsp3) is 0.769. The van der Waals surface area contributed by atoms with Gasteiger partial charge in [-0.15, -0.1) is 0 Å². The van der Waals surface area contributed by atoms with Crippen LogP contribution in [0.4, 0.5) is 0 Å². The molecule has 3 nitrogen and oxygen atoms in total. The zero-order chi connectivity index (χ0) is 11.8. The molecule has 0 atom stereocenters. The number of amides is 1. The van der Waals surface area contributed by atoms with Crippen LogP contribution in [0.1, 0.15) is 39.5 Å². The number of nitrogens with zero attached hydrogens (tertiary/aromatic N) is 1. The predicted molar refractivity (Wildman–Crippen MR) is 67.3 cm³/mol. The highest BCUT2D eigenvalue weighted by atomic mass is 16.1. The molecule has 0 saturated carbocycles. The van der Waals surface area contributed by atoms with Gasteiger partial charge in [0.15, 0.2) is 0 Å². The molecular formula is C13H24N2O. The van der Waals surface area contributed by atoms with E-state index >= 15 is 0 Å². The maximum Gasteiger partial charge on any atom is 0.246 e. The van der Waals surface area contributed by atoms with Crippen molar-refractivity contribution in [2.45, 2.75) is 39.5 Å². The number of rotatable bonds is 6. The van der Waals surface area contributed by atoms with Crippen LogP contribution in [0, 0.1) is 0 Å². The van der Waals surface area contributed by atoms with Gasteiger partial charge in [-0.25, -0.2) is 0 Å². The minimum Gasteiger partial charge on any atom is -0.352 e. The van der Waals surface area contributed by atoms with Gasteiger partial charge in [0.05, 0.1) is 0 Å². The van der Waals surface area contributed by atoms with Gasteiger partial charge in [-0.2, -0.15) is 0 Å². The average molecular weight is 224 g/mol. The van der Waals surface area contributed by atoms with Crippen LogP contribution in [0.5, 0.6) is 0 Å². The minimum absolute atomic E-state index is 0.0864. The summed E-state index contributed by atoms with van der Waals surface area (Å²) in [4.78, 5) is 14.0. The van der Waals surface area contributed by atoms with Crippen LogP contribution in [0.2, 0.25) is 0 Å². The van der Waals surface area contributed by atoms with Crippen molar-refractivity contribution in [3.8, 4) is 0 Å². The summed E-state index contributed by atoms with van der Waals surface area (Å²) < 4.78 is 0. The van der Waals surface area contributed by atoms with E-state index in [0.29, 0.717) is 0 Å². The molecule has 1 saturated heterocycles. The summed E-state index contributed by atoms with van der Waals surface area (Å²) >= 11 is 0. The summed E-state index contributed by atoms with van der Waals surface area (Å²) in [7, 11) is 0. The number of hydrogen-bond donors (Lipinski definition) is 1. The average Bonchev–Trinajstić information content (AvgIpc) is 2.77. The van der Waals surface area contributed by atoms with E-state index in [1.807, 2.05) is 19.9 Å². The summed E-state index contributed by atoms with van der Waals surface area (Å²) in [5.41, 5.74) is 0.837. The first-order valence-electron chi connectivity index (χ1n) is 6.41. The molecule has 0 spiro atoms. The summed E-state index contributed by atoms with van der Waals surface area (Å²) in [6, 6.07) is 0. The third-order valence-corrected chi connectivity index (χ3v) is 3.00. The topological polar surface area (TPSA) is 32.3 Å². The normalized spacial score (nSPS) is 17.8. The van der Waals surface area contributed by atoms with Crippen LogP contribution in [0.15, 0.2) is 11.6 Å². The number of carbonyl (C=O) groups is 1. The first-order chi connectivity index (χ1) is 7.74. The number of carbonyl (C=O) groups excluding carboxylic acids is 1. The Morgan fingerprint density at radius 2 is 2.06 bits per heavy atom. The van der Waals surface area contributed by atoms with Crippen LogP contribution < -0.4 is 5.32 Å². The number of hydrogen-bond acceptors (Lipinski definition) is 2. The Kier molecular flexibility index (Phi) is 6.16. The standard InChI is InChI=1S/C13H24N2O/c1-3-7-12(2)13(16)14-8-6-11-15-9-4-5-10-15/h7H,3-6,8-11H2,1-2H3,(H,14,16)/b12-7+. The molecule has 0 unspecified atom stereocenters. The quantitative estimate of drug-likeness (QED) is 0.552. The highest BCUT2D eigenvalue weighted by Gasteiger charge is 2.10. The van der Waals surface area contributed by atoms with Gasteiger partial charge in [0, 0.05) is 12.1 Å². The van der Waals surface area contributed by atoms with E-state index < -0.39 is 0 Å². The lowest BCUT2D eigenvalue weighted by Gasteiger charge is -2.14. The monoisotopic (exact) mass is 224 g/mol. The molecule has 1 aliphatic heterocycles. The molecule has 1 amide bonds. The zero-order valence-corrected chi connectivity index (χ0v) is 10.6. The molecule has 1 rings (SSSR count). The Hall–Kier alpha value is -0.830. The summed E-state index contributed by atoms with van der Waals surface area (Å²) in [5, 5.41) is 2.96. The molecule has 92 valence electrons. The Labute approximate surface area is 98.9 Å². The molecule has 0 aromatic heterocycles. The van der Waals surface area contributed by atoms with E-state index in [4.69, 9.17) is 0 Å². The maximum absolute atomic E-state index is 11.5. The number of nitrogens with one attached hydrogen (secondary N) is 1. The molecule has 0 bridgehead atoms. The second kappa shape index (κ2) is 7.44. The van der Waals surface area contributed by atoms with Crippen molar-refractivity contribution in [2.75, 3.05) is 26.2 Å². The Morgan fingerprint density at radius 1 is 1.38 bits per heavy atom. The third kappa shape index (κ3) is 4.79. The van der Waals surface area contributed by atoms with E-state index in [9.17, 15) is 4.79 Å². The second-order valence-electron chi connectivity index (χ2n) is 4.45. The van der Waals surface area contributed by atoms with Gasteiger partial charge in [0.1, 0.15) is 0 Å². The molecule has 1 heterocycles. The molecule has 16 heavy (non-hydrogen) atoms. The second-order valence-corrected chi connectivity index (χ2v) is 4.45. The largest absolute Gasteiger partial charge is 0.352 e. The fourth-order valence-electron chi connectivity index (χ4n) is 2.05. The molecule has 0 aromatic rings. The van der Waals surface area contributed by atoms with Crippen molar-refractivity contribution >= 4 is 5.91 Å². The molecule has 3 heteroatoms. The van der Waals surface area contributed by atoms with Crippen molar-refractivity contribution in [3.05, 3.63) is 11.6 Å². The SMILES string of the molecule is CC/C=C(\C)C(=O)NCCCN1CCCC1. The Balaban J connectivity index is 2.06. The molecule has 0 radical (unpaired) electrons. The number of allylic oxidation sites excluding steroid dienone is 1. The Morgan fingerprint density at radius 3 is 2.69 bits per heavy atom. The summed E-state index contributed by atoms with van der Waals surface area (Å²) in [5.74, 6) is 0.0864. The van der Waals surface area contributed by atoms with Crippen LogP contribution in [-0.4, -0.2) is 37.0 Å². The predicted octanol–water partition coefficient (Wildman–Crippen LogP) is 1.94. The van der Waals surface area contributed by atoms with Gasteiger partial charge < -0.3 is 10.2 Å². The molecule has 0 aromatic carbocycles. The maximum atomic E-state index is 11.5.